The van der Waals surface area contributed by atoms with Crippen molar-refractivity contribution in [3.63, 3.8) is 0 Å². The van der Waals surface area contributed by atoms with Crippen molar-refractivity contribution >= 4 is 23.6 Å². The van der Waals surface area contributed by atoms with E-state index in [-0.39, 0.29) is 17.3 Å². The molecule has 1 heterocycles. The molecule has 21 heavy (non-hydrogen) atoms. The summed E-state index contributed by atoms with van der Waals surface area (Å²) in [6, 6.07) is 1.66. The minimum Gasteiger partial charge on any atom is -0.480 e. The summed E-state index contributed by atoms with van der Waals surface area (Å²) in [7, 11) is 0. The summed E-state index contributed by atoms with van der Waals surface area (Å²) < 4.78 is 29.2. The second-order valence-electron chi connectivity index (χ2n) is 5.45. The molecule has 0 fully saturated rings. The smallest absolute Gasteiger partial charge is 0.326 e. The van der Waals surface area contributed by atoms with Crippen molar-refractivity contribution in [1.29, 1.82) is 0 Å². The molecule has 5 nitrogen and oxygen atoms in total. The molecule has 8 heteroatoms. The van der Waals surface area contributed by atoms with Gasteiger partial charge in [-0.2, -0.15) is 8.78 Å². The Labute approximate surface area is 125 Å². The van der Waals surface area contributed by atoms with E-state index < -0.39 is 29.1 Å². The van der Waals surface area contributed by atoms with Crippen molar-refractivity contribution in [2.45, 2.75) is 38.3 Å². The molecular weight excluding hydrogens is 304 g/mol. The lowest BCUT2D eigenvalue weighted by Crippen LogP contribution is -2.49. The van der Waals surface area contributed by atoms with Crippen LogP contribution < -0.4 is 5.32 Å². The van der Waals surface area contributed by atoms with Gasteiger partial charge in [0.1, 0.15) is 11.8 Å². The van der Waals surface area contributed by atoms with Gasteiger partial charge in [-0.3, -0.25) is 4.79 Å². The maximum absolute atomic E-state index is 12.1. The Balaban J connectivity index is 2.73. The number of furan rings is 1. The number of hydrogen-bond donors (Lipinski definition) is 2. The molecule has 0 aromatic carbocycles. The highest BCUT2D eigenvalue weighted by Gasteiger charge is 2.33. The van der Waals surface area contributed by atoms with Crippen molar-refractivity contribution in [3.8, 4) is 0 Å². The van der Waals surface area contributed by atoms with Crippen LogP contribution in [-0.4, -0.2) is 28.8 Å². The van der Waals surface area contributed by atoms with Crippen LogP contribution in [0.1, 0.15) is 37.1 Å². The first-order chi connectivity index (χ1) is 9.61. The highest BCUT2D eigenvalue weighted by molar-refractivity contribution is 7.98. The zero-order valence-electron chi connectivity index (χ0n) is 11.9. The molecule has 1 unspecified atom stereocenters. The SMILES string of the molecule is CC(C)(C)C(NC(=O)c1ccc(CSC(F)F)o1)C(=O)O. The van der Waals surface area contributed by atoms with Crippen molar-refractivity contribution < 1.29 is 27.9 Å². The first-order valence-electron chi connectivity index (χ1n) is 6.13. The summed E-state index contributed by atoms with van der Waals surface area (Å²) in [6.45, 7) is 5.04. The van der Waals surface area contributed by atoms with Crippen LogP contribution in [0, 0.1) is 5.41 Å². The van der Waals surface area contributed by atoms with Gasteiger partial charge >= 0.3 is 5.97 Å². The van der Waals surface area contributed by atoms with E-state index in [0.717, 1.165) is 0 Å². The maximum atomic E-state index is 12.1. The highest BCUT2D eigenvalue weighted by Crippen LogP contribution is 2.22. The average Bonchev–Trinajstić information content (AvgIpc) is 2.80. The van der Waals surface area contributed by atoms with Crippen molar-refractivity contribution in [3.05, 3.63) is 23.7 Å². The zero-order chi connectivity index (χ0) is 16.2. The Morgan fingerprint density at radius 1 is 1.38 bits per heavy atom. The lowest BCUT2D eigenvalue weighted by atomic mass is 9.87. The molecule has 118 valence electrons. The summed E-state index contributed by atoms with van der Waals surface area (Å²) in [5, 5.41) is 11.5. The van der Waals surface area contributed by atoms with Gasteiger partial charge in [-0.25, -0.2) is 4.79 Å². The summed E-state index contributed by atoms with van der Waals surface area (Å²) in [6.07, 6.45) is 0. The maximum Gasteiger partial charge on any atom is 0.326 e. The summed E-state index contributed by atoms with van der Waals surface area (Å²) in [5.74, 6) is -4.30. The van der Waals surface area contributed by atoms with Gasteiger partial charge in [0, 0.05) is 0 Å². The van der Waals surface area contributed by atoms with Gasteiger partial charge < -0.3 is 14.8 Å². The van der Waals surface area contributed by atoms with Crippen LogP contribution in [0.2, 0.25) is 0 Å². The van der Waals surface area contributed by atoms with E-state index in [1.165, 1.54) is 12.1 Å². The number of carboxylic acids is 1. The van der Waals surface area contributed by atoms with Crippen molar-refractivity contribution in [1.82, 2.24) is 5.32 Å². The molecule has 2 N–H and O–H groups in total. The topological polar surface area (TPSA) is 79.5 Å². The number of halogens is 2. The number of hydrogen-bond acceptors (Lipinski definition) is 4. The van der Waals surface area contributed by atoms with Crippen LogP contribution in [0.15, 0.2) is 16.5 Å². The first kappa shape index (κ1) is 17.5. The second kappa shape index (κ2) is 6.93. The number of carbonyl (C=O) groups is 2. The van der Waals surface area contributed by atoms with Gasteiger partial charge in [0.15, 0.2) is 5.76 Å². The predicted octanol–water partition coefficient (Wildman–Crippen LogP) is 2.96. The largest absolute Gasteiger partial charge is 0.480 e. The third-order valence-electron chi connectivity index (χ3n) is 2.63. The summed E-state index contributed by atoms with van der Waals surface area (Å²) in [4.78, 5) is 23.1. The number of thioether (sulfide) groups is 1. The Hall–Kier alpha value is -1.57. The Morgan fingerprint density at radius 2 is 2.00 bits per heavy atom. The molecule has 0 aliphatic rings. The molecule has 0 radical (unpaired) electrons. The zero-order valence-corrected chi connectivity index (χ0v) is 12.7. The monoisotopic (exact) mass is 321 g/mol. The van der Waals surface area contributed by atoms with Gasteiger partial charge in [-0.15, -0.1) is 0 Å². The lowest BCUT2D eigenvalue weighted by Gasteiger charge is -2.27. The minimum atomic E-state index is -2.52. The predicted molar refractivity (Wildman–Crippen MR) is 74.4 cm³/mol. The summed E-state index contributed by atoms with van der Waals surface area (Å²) >= 11 is 0.380. The molecule has 1 aromatic rings. The van der Waals surface area contributed by atoms with Gasteiger partial charge in [0.2, 0.25) is 0 Å². The van der Waals surface area contributed by atoms with E-state index in [2.05, 4.69) is 5.32 Å². The van der Waals surface area contributed by atoms with Gasteiger partial charge in [-0.1, -0.05) is 32.5 Å². The number of carboxylic acid groups (broad SMARTS) is 1. The number of rotatable bonds is 6. The Kier molecular flexibility index (Phi) is 5.77. The van der Waals surface area contributed by atoms with E-state index in [1.807, 2.05) is 0 Å². The number of alkyl halides is 2. The van der Waals surface area contributed by atoms with Gasteiger partial charge in [0.25, 0.3) is 11.7 Å². The van der Waals surface area contributed by atoms with E-state index in [9.17, 15) is 18.4 Å². The number of aliphatic carboxylic acids is 1. The standard InChI is InChI=1S/C13H17F2NO4S/c1-13(2,3)9(11(18)19)16-10(17)8-5-4-7(20-8)6-21-12(14)15/h4-5,9,12H,6H2,1-3H3,(H,16,17)(H,18,19). The number of nitrogens with one attached hydrogen (secondary N) is 1. The lowest BCUT2D eigenvalue weighted by molar-refractivity contribution is -0.142. The Bertz CT molecular complexity index is 511. The minimum absolute atomic E-state index is 0.0629. The van der Waals surface area contributed by atoms with Crippen molar-refractivity contribution in [2.24, 2.45) is 5.41 Å². The van der Waals surface area contributed by atoms with E-state index in [0.29, 0.717) is 11.8 Å². The van der Waals surface area contributed by atoms with E-state index in [1.54, 1.807) is 20.8 Å². The molecule has 0 saturated carbocycles. The van der Waals surface area contributed by atoms with Crippen LogP contribution >= 0.6 is 11.8 Å². The molecule has 0 aliphatic heterocycles. The van der Waals surface area contributed by atoms with Crippen LogP contribution in [-0.2, 0) is 10.5 Å². The first-order valence-corrected chi connectivity index (χ1v) is 7.18. The molecular formula is C13H17F2NO4S. The van der Waals surface area contributed by atoms with Crippen LogP contribution in [0.25, 0.3) is 0 Å². The van der Waals surface area contributed by atoms with Crippen LogP contribution in [0.5, 0.6) is 0 Å². The van der Waals surface area contributed by atoms with Gasteiger partial charge in [0.05, 0.1) is 5.75 Å². The second-order valence-corrected chi connectivity index (χ2v) is 6.43. The highest BCUT2D eigenvalue weighted by atomic mass is 32.2. The Morgan fingerprint density at radius 3 is 2.48 bits per heavy atom. The average molecular weight is 321 g/mol. The van der Waals surface area contributed by atoms with Crippen LogP contribution in [0.3, 0.4) is 0 Å². The normalized spacial score (nSPS) is 13.2. The fourth-order valence-corrected chi connectivity index (χ4v) is 2.02. The summed E-state index contributed by atoms with van der Waals surface area (Å²) in [5.41, 5.74) is -0.678. The van der Waals surface area contributed by atoms with Crippen LogP contribution in [0.4, 0.5) is 8.78 Å². The van der Waals surface area contributed by atoms with E-state index in [4.69, 9.17) is 9.52 Å². The molecule has 1 atom stereocenters. The van der Waals surface area contributed by atoms with E-state index >= 15 is 0 Å². The molecule has 1 rings (SSSR count). The third kappa shape index (κ3) is 5.37. The molecule has 0 aliphatic carbocycles. The molecule has 1 amide bonds. The third-order valence-corrected chi connectivity index (χ3v) is 3.33. The number of amides is 1. The van der Waals surface area contributed by atoms with Crippen molar-refractivity contribution in [2.75, 3.05) is 0 Å². The number of carbonyl (C=O) groups excluding carboxylic acids is 1. The molecule has 0 saturated heterocycles. The molecule has 0 bridgehead atoms. The van der Waals surface area contributed by atoms with Gasteiger partial charge in [-0.05, 0) is 17.5 Å². The fourth-order valence-electron chi connectivity index (χ4n) is 1.57. The quantitative estimate of drug-likeness (QED) is 0.842. The fraction of sp³-hybridized carbons (Fsp3) is 0.538. The molecule has 1 aromatic heterocycles. The molecule has 0 spiro atoms.